The molecule has 5 nitrogen and oxygen atoms in total. The summed E-state index contributed by atoms with van der Waals surface area (Å²) in [6, 6.07) is 7.75. The Labute approximate surface area is 123 Å². The average molecular weight is 320 g/mol. The molecule has 0 aliphatic heterocycles. The molecule has 0 aromatic heterocycles. The summed E-state index contributed by atoms with van der Waals surface area (Å²) in [4.78, 5) is 11.7. The molecule has 1 N–H and O–H groups in total. The molecular weight excluding hydrogens is 301 g/mol. The van der Waals surface area contributed by atoms with Crippen LogP contribution in [0.2, 0.25) is 0 Å². The quantitative estimate of drug-likeness (QED) is 0.614. The first-order valence-corrected chi connectivity index (χ1v) is 8.82. The van der Waals surface area contributed by atoms with Crippen molar-refractivity contribution in [3.63, 3.8) is 0 Å². The third-order valence-corrected chi connectivity index (χ3v) is 4.46. The van der Waals surface area contributed by atoms with Gasteiger partial charge in [0.05, 0.1) is 7.11 Å². The Bertz CT molecular complexity index is 483. The molecule has 0 bridgehead atoms. The minimum Gasteiger partial charge on any atom is -0.468 e. The highest BCUT2D eigenvalue weighted by Crippen LogP contribution is 2.49. The third kappa shape index (κ3) is 5.16. The highest BCUT2D eigenvalue weighted by molar-refractivity contribution is 7.84. The van der Waals surface area contributed by atoms with Crippen LogP contribution in [0.15, 0.2) is 30.3 Å². The molecule has 0 saturated carbocycles. The Hall–Kier alpha value is -1.03. The summed E-state index contributed by atoms with van der Waals surface area (Å²) in [7, 11) is 1.27. The Morgan fingerprint density at radius 2 is 2.00 bits per heavy atom. The highest BCUT2D eigenvalue weighted by Gasteiger charge is 2.33. The van der Waals surface area contributed by atoms with Gasteiger partial charge in [0.15, 0.2) is 0 Å². The molecule has 1 rings (SSSR count). The monoisotopic (exact) mass is 319 g/mol. The van der Waals surface area contributed by atoms with Crippen LogP contribution in [0, 0.1) is 5.92 Å². The predicted molar refractivity (Wildman–Crippen MR) is 78.9 cm³/mol. The van der Waals surface area contributed by atoms with Crippen molar-refractivity contribution in [2.45, 2.75) is 26.3 Å². The van der Waals surface area contributed by atoms with E-state index in [1.165, 1.54) is 7.11 Å². The van der Waals surface area contributed by atoms with Crippen molar-refractivity contribution < 1.29 is 18.6 Å². The van der Waals surface area contributed by atoms with E-state index in [4.69, 9.17) is 20.5 Å². The Morgan fingerprint density at radius 3 is 2.50 bits per heavy atom. The van der Waals surface area contributed by atoms with Gasteiger partial charge >= 0.3 is 12.8 Å². The van der Waals surface area contributed by atoms with Crippen LogP contribution < -0.4 is 9.61 Å². The zero-order chi connectivity index (χ0) is 15.2. The number of hydrogen-bond donors (Lipinski definition) is 1. The number of rotatable bonds is 7. The van der Waals surface area contributed by atoms with Crippen LogP contribution in [0.1, 0.15) is 20.3 Å². The number of ether oxygens (including phenoxy) is 1. The number of halogens is 1. The molecule has 0 spiro atoms. The second-order valence-electron chi connectivity index (χ2n) is 4.40. The van der Waals surface area contributed by atoms with Crippen LogP contribution in [-0.2, 0) is 14.1 Å². The number of hydrogen-bond acceptors (Lipinski definition) is 4. The molecule has 1 unspecified atom stereocenters. The van der Waals surface area contributed by atoms with E-state index in [0.717, 1.165) is 0 Å². The molecule has 112 valence electrons. The van der Waals surface area contributed by atoms with Gasteiger partial charge in [0.2, 0.25) is 0 Å². The Balaban J connectivity index is 2.80. The minimum atomic E-state index is -3.68. The molecule has 0 aliphatic carbocycles. The van der Waals surface area contributed by atoms with Crippen molar-refractivity contribution in [2.24, 2.45) is 5.92 Å². The van der Waals surface area contributed by atoms with Crippen LogP contribution >= 0.6 is 18.1 Å². The van der Waals surface area contributed by atoms with Gasteiger partial charge in [-0.2, -0.15) is 0 Å². The van der Waals surface area contributed by atoms with Gasteiger partial charge in [-0.3, -0.25) is 4.79 Å². The maximum atomic E-state index is 12.3. The maximum absolute atomic E-state index is 12.3. The summed E-state index contributed by atoms with van der Waals surface area (Å²) in [5, 5.41) is 2.57. The van der Waals surface area contributed by atoms with Crippen LogP contribution in [0.25, 0.3) is 0 Å². The number of esters is 1. The van der Waals surface area contributed by atoms with Crippen LogP contribution in [0.5, 0.6) is 5.75 Å². The third-order valence-electron chi connectivity index (χ3n) is 2.93. The van der Waals surface area contributed by atoms with Crippen LogP contribution in [0.3, 0.4) is 0 Å². The van der Waals surface area contributed by atoms with E-state index in [1.807, 2.05) is 13.8 Å². The summed E-state index contributed by atoms with van der Waals surface area (Å²) in [6.07, 6.45) is 0.703. The molecule has 0 heterocycles. The van der Waals surface area contributed by atoms with Gasteiger partial charge < -0.3 is 9.26 Å². The fraction of sp³-hybridized carbons (Fsp3) is 0.462. The highest BCUT2D eigenvalue weighted by atomic mass is 35.7. The smallest absolute Gasteiger partial charge is 0.409 e. The molecule has 20 heavy (non-hydrogen) atoms. The molecule has 0 aliphatic rings. The van der Waals surface area contributed by atoms with Gasteiger partial charge in [0.25, 0.3) is 0 Å². The van der Waals surface area contributed by atoms with Gasteiger partial charge in [0.1, 0.15) is 11.8 Å². The molecule has 0 amide bonds. The van der Waals surface area contributed by atoms with Crippen molar-refractivity contribution in [3.05, 3.63) is 30.3 Å². The number of carbonyl (C=O) groups is 1. The summed E-state index contributed by atoms with van der Waals surface area (Å²) in [6.45, 7) is 0.0741. The SMILES string of the molecule is CC[C@H](C)[C@H](NP(=O)(Cl)Oc1ccccc1)C(=O)OC. The Kier molecular flexibility index (Phi) is 6.53. The normalized spacial score (nSPS) is 16.8. The average Bonchev–Trinajstić information content (AvgIpc) is 2.43. The largest absolute Gasteiger partial charge is 0.468 e. The lowest BCUT2D eigenvalue weighted by Gasteiger charge is -2.24. The van der Waals surface area contributed by atoms with Crippen molar-refractivity contribution in [3.8, 4) is 5.75 Å². The zero-order valence-corrected chi connectivity index (χ0v) is 13.4. The topological polar surface area (TPSA) is 64.6 Å². The molecule has 3 atom stereocenters. The second kappa shape index (κ2) is 7.67. The van der Waals surface area contributed by atoms with Crippen molar-refractivity contribution in [1.82, 2.24) is 5.09 Å². The first kappa shape index (κ1) is 17.0. The molecule has 0 saturated heterocycles. The van der Waals surface area contributed by atoms with Crippen molar-refractivity contribution in [2.75, 3.05) is 7.11 Å². The van der Waals surface area contributed by atoms with Crippen molar-refractivity contribution >= 4 is 24.1 Å². The molecule has 1 aromatic carbocycles. The van der Waals surface area contributed by atoms with E-state index in [0.29, 0.717) is 12.2 Å². The fourth-order valence-electron chi connectivity index (χ4n) is 1.58. The van der Waals surface area contributed by atoms with Crippen molar-refractivity contribution in [1.29, 1.82) is 0 Å². The van der Waals surface area contributed by atoms with Gasteiger partial charge in [0, 0.05) is 11.2 Å². The lowest BCUT2D eigenvalue weighted by molar-refractivity contribution is -0.143. The minimum absolute atomic E-state index is 0.0890. The summed E-state index contributed by atoms with van der Waals surface area (Å²) >= 11 is 5.88. The lowest BCUT2D eigenvalue weighted by atomic mass is 10.0. The van der Waals surface area contributed by atoms with Gasteiger partial charge in [-0.25, -0.2) is 9.65 Å². The first-order valence-electron chi connectivity index (χ1n) is 6.29. The fourth-order valence-corrected chi connectivity index (χ4v) is 3.28. The molecular formula is C13H19ClNO4P. The van der Waals surface area contributed by atoms with E-state index in [1.54, 1.807) is 30.3 Å². The summed E-state index contributed by atoms with van der Waals surface area (Å²) in [5.41, 5.74) is 0. The number of benzene rings is 1. The zero-order valence-electron chi connectivity index (χ0n) is 11.7. The number of para-hydroxylation sites is 1. The second-order valence-corrected chi connectivity index (χ2v) is 7.13. The number of carbonyl (C=O) groups excluding carboxylic acids is 1. The molecule has 7 heteroatoms. The van der Waals surface area contributed by atoms with Gasteiger partial charge in [-0.05, 0) is 18.1 Å². The maximum Gasteiger partial charge on any atom is 0.409 e. The van der Waals surface area contributed by atoms with Gasteiger partial charge in [-0.1, -0.05) is 38.5 Å². The summed E-state index contributed by atoms with van der Waals surface area (Å²) in [5.74, 6) is -0.239. The Morgan fingerprint density at radius 1 is 1.40 bits per heavy atom. The van der Waals surface area contributed by atoms with E-state index in [-0.39, 0.29) is 5.92 Å². The van der Waals surface area contributed by atoms with Crippen LogP contribution in [-0.4, -0.2) is 19.1 Å². The van der Waals surface area contributed by atoms with E-state index >= 15 is 0 Å². The standard InChI is InChI=1S/C13H19ClNO4P/c1-4-10(2)12(13(16)18-3)15-20(14,17)19-11-8-6-5-7-9-11/h5-10,12H,4H2,1-3H3,(H,15,17)/t10-,12-,20?/m0/s1. The predicted octanol–water partition coefficient (Wildman–Crippen LogP) is 3.59. The van der Waals surface area contributed by atoms with E-state index in [2.05, 4.69) is 5.09 Å². The molecule has 0 radical (unpaired) electrons. The lowest BCUT2D eigenvalue weighted by Crippen LogP contribution is -2.40. The van der Waals surface area contributed by atoms with Gasteiger partial charge in [-0.15, -0.1) is 0 Å². The summed E-state index contributed by atoms with van der Waals surface area (Å²) < 4.78 is 22.2. The van der Waals surface area contributed by atoms with Crippen LogP contribution in [0.4, 0.5) is 0 Å². The number of nitrogens with one attached hydrogen (secondary N) is 1. The van der Waals surface area contributed by atoms with E-state index in [9.17, 15) is 9.36 Å². The number of methoxy groups -OCH3 is 1. The molecule has 0 fully saturated rings. The first-order chi connectivity index (χ1) is 9.39. The van der Waals surface area contributed by atoms with E-state index < -0.39 is 18.9 Å². The molecule has 1 aromatic rings.